The van der Waals surface area contributed by atoms with Gasteiger partial charge in [-0.3, -0.25) is 4.79 Å². The summed E-state index contributed by atoms with van der Waals surface area (Å²) in [7, 11) is 1.96. The normalized spacial score (nSPS) is 10.3. The first-order valence-corrected chi connectivity index (χ1v) is 5.71. The molecule has 0 amide bonds. The predicted molar refractivity (Wildman–Crippen MR) is 65.9 cm³/mol. The Kier molecular flexibility index (Phi) is 4.68. The molecule has 0 aromatic carbocycles. The lowest BCUT2D eigenvalue weighted by Gasteiger charge is -2.17. The molecule has 0 aliphatic heterocycles. The minimum absolute atomic E-state index is 0.0653. The molecule has 84 valence electrons. The summed E-state index contributed by atoms with van der Waals surface area (Å²) in [4.78, 5) is 13.6. The van der Waals surface area contributed by atoms with E-state index >= 15 is 0 Å². The molecule has 1 rings (SSSR count). The van der Waals surface area contributed by atoms with Gasteiger partial charge in [-0.05, 0) is 6.42 Å². The standard InChI is InChI=1S/C10H17N3OS/c1-3-4-12(2)9-7-10(14)13(5-6-15)11-8-9/h7-8,15H,3-6H2,1-2H3. The van der Waals surface area contributed by atoms with E-state index in [1.165, 1.54) is 4.68 Å². The Hall–Kier alpha value is -0.970. The first-order chi connectivity index (χ1) is 7.19. The number of hydrogen-bond acceptors (Lipinski definition) is 4. The third-order valence-electron chi connectivity index (χ3n) is 2.17. The van der Waals surface area contributed by atoms with Crippen molar-refractivity contribution in [2.75, 3.05) is 24.2 Å². The van der Waals surface area contributed by atoms with Gasteiger partial charge in [-0.25, -0.2) is 4.68 Å². The second-order valence-electron chi connectivity index (χ2n) is 3.42. The van der Waals surface area contributed by atoms with E-state index in [2.05, 4.69) is 24.7 Å². The van der Waals surface area contributed by atoms with Gasteiger partial charge in [0, 0.05) is 25.4 Å². The van der Waals surface area contributed by atoms with Gasteiger partial charge in [0.15, 0.2) is 0 Å². The fourth-order valence-corrected chi connectivity index (χ4v) is 1.55. The molecule has 15 heavy (non-hydrogen) atoms. The quantitative estimate of drug-likeness (QED) is 0.763. The second-order valence-corrected chi connectivity index (χ2v) is 3.87. The summed E-state index contributed by atoms with van der Waals surface area (Å²) in [5, 5.41) is 4.08. The number of aromatic nitrogens is 2. The Labute approximate surface area is 95.3 Å². The maximum atomic E-state index is 11.6. The molecular weight excluding hydrogens is 210 g/mol. The molecule has 0 atom stereocenters. The lowest BCUT2D eigenvalue weighted by molar-refractivity contribution is 0.620. The molecule has 4 nitrogen and oxygen atoms in total. The van der Waals surface area contributed by atoms with Crippen LogP contribution in [0.2, 0.25) is 0 Å². The minimum Gasteiger partial charge on any atom is -0.373 e. The van der Waals surface area contributed by atoms with E-state index in [4.69, 9.17) is 0 Å². The van der Waals surface area contributed by atoms with Crippen molar-refractivity contribution in [1.29, 1.82) is 0 Å². The average molecular weight is 227 g/mol. The van der Waals surface area contributed by atoms with E-state index in [1.54, 1.807) is 12.3 Å². The number of rotatable bonds is 5. The van der Waals surface area contributed by atoms with Crippen LogP contribution in [0, 0.1) is 0 Å². The van der Waals surface area contributed by atoms with Gasteiger partial charge < -0.3 is 4.90 Å². The molecule has 1 aromatic rings. The maximum Gasteiger partial charge on any atom is 0.268 e. The van der Waals surface area contributed by atoms with Gasteiger partial charge in [0.1, 0.15) is 0 Å². The van der Waals surface area contributed by atoms with E-state index in [1.807, 2.05) is 11.9 Å². The van der Waals surface area contributed by atoms with Gasteiger partial charge in [-0.1, -0.05) is 6.92 Å². The summed E-state index contributed by atoms with van der Waals surface area (Å²) in [6.07, 6.45) is 2.77. The molecule has 0 radical (unpaired) electrons. The second kappa shape index (κ2) is 5.80. The van der Waals surface area contributed by atoms with Crippen LogP contribution in [0.15, 0.2) is 17.1 Å². The molecule has 0 spiro atoms. The molecular formula is C10H17N3OS. The van der Waals surface area contributed by atoms with Crippen molar-refractivity contribution >= 4 is 18.3 Å². The zero-order chi connectivity index (χ0) is 11.3. The third-order valence-corrected chi connectivity index (χ3v) is 2.37. The van der Waals surface area contributed by atoms with Gasteiger partial charge in [0.2, 0.25) is 0 Å². The highest BCUT2D eigenvalue weighted by Crippen LogP contribution is 2.06. The number of nitrogens with zero attached hydrogens (tertiary/aromatic N) is 3. The first-order valence-electron chi connectivity index (χ1n) is 5.08. The van der Waals surface area contributed by atoms with Gasteiger partial charge in [-0.15, -0.1) is 0 Å². The van der Waals surface area contributed by atoms with Crippen LogP contribution in [-0.2, 0) is 6.54 Å². The number of thiol groups is 1. The Balaban J connectivity index is 2.86. The fourth-order valence-electron chi connectivity index (χ4n) is 1.36. The van der Waals surface area contributed by atoms with E-state index < -0.39 is 0 Å². The average Bonchev–Trinajstić information content (AvgIpc) is 2.21. The van der Waals surface area contributed by atoms with Crippen LogP contribution in [0.3, 0.4) is 0 Å². The Morgan fingerprint density at radius 3 is 2.87 bits per heavy atom. The molecule has 0 N–H and O–H groups in total. The third kappa shape index (κ3) is 3.27. The highest BCUT2D eigenvalue weighted by Gasteiger charge is 2.03. The van der Waals surface area contributed by atoms with Gasteiger partial charge in [-0.2, -0.15) is 17.7 Å². The molecule has 0 fully saturated rings. The Morgan fingerprint density at radius 1 is 1.60 bits per heavy atom. The summed E-state index contributed by atoms with van der Waals surface area (Å²) in [6, 6.07) is 1.62. The lowest BCUT2D eigenvalue weighted by atomic mass is 10.3. The summed E-state index contributed by atoms with van der Waals surface area (Å²) < 4.78 is 1.43. The van der Waals surface area contributed by atoms with Crippen molar-refractivity contribution in [2.45, 2.75) is 19.9 Å². The summed E-state index contributed by atoms with van der Waals surface area (Å²) >= 11 is 4.07. The van der Waals surface area contributed by atoms with Crippen molar-refractivity contribution in [3.63, 3.8) is 0 Å². The fraction of sp³-hybridized carbons (Fsp3) is 0.600. The summed E-state index contributed by atoms with van der Waals surface area (Å²) in [6.45, 7) is 3.59. The van der Waals surface area contributed by atoms with Crippen LogP contribution in [0.4, 0.5) is 5.69 Å². The highest BCUT2D eigenvalue weighted by molar-refractivity contribution is 7.80. The van der Waals surface area contributed by atoms with Crippen molar-refractivity contribution in [3.05, 3.63) is 22.6 Å². The van der Waals surface area contributed by atoms with Gasteiger partial charge in [0.25, 0.3) is 5.56 Å². The lowest BCUT2D eigenvalue weighted by Crippen LogP contribution is -2.26. The molecule has 1 aromatic heterocycles. The largest absolute Gasteiger partial charge is 0.373 e. The molecule has 1 heterocycles. The minimum atomic E-state index is -0.0653. The molecule has 0 unspecified atom stereocenters. The van der Waals surface area contributed by atoms with Crippen LogP contribution in [0.5, 0.6) is 0 Å². The van der Waals surface area contributed by atoms with Crippen molar-refractivity contribution in [3.8, 4) is 0 Å². The smallest absolute Gasteiger partial charge is 0.268 e. The van der Waals surface area contributed by atoms with E-state index in [0.29, 0.717) is 12.3 Å². The number of hydrogen-bond donors (Lipinski definition) is 1. The van der Waals surface area contributed by atoms with Gasteiger partial charge in [0.05, 0.1) is 18.4 Å². The zero-order valence-electron chi connectivity index (χ0n) is 9.18. The number of anilines is 1. The molecule has 0 saturated carbocycles. The summed E-state index contributed by atoms with van der Waals surface area (Å²) in [5.41, 5.74) is 0.807. The Bertz CT molecular complexity index is 364. The predicted octanol–water partition coefficient (Wildman–Crippen LogP) is 1.02. The first kappa shape index (κ1) is 12.1. The molecule has 0 saturated heterocycles. The van der Waals surface area contributed by atoms with Crippen molar-refractivity contribution in [2.24, 2.45) is 0 Å². The molecule has 0 bridgehead atoms. The van der Waals surface area contributed by atoms with Crippen LogP contribution in [-0.4, -0.2) is 29.1 Å². The monoisotopic (exact) mass is 227 g/mol. The van der Waals surface area contributed by atoms with E-state index in [-0.39, 0.29) is 5.56 Å². The maximum absolute atomic E-state index is 11.6. The summed E-state index contributed by atoms with van der Waals surface area (Å²) in [5.74, 6) is 0.622. The highest BCUT2D eigenvalue weighted by atomic mass is 32.1. The van der Waals surface area contributed by atoms with Crippen LogP contribution < -0.4 is 10.5 Å². The van der Waals surface area contributed by atoms with E-state index in [9.17, 15) is 4.79 Å². The number of aryl methyl sites for hydroxylation is 1. The van der Waals surface area contributed by atoms with Crippen LogP contribution in [0.1, 0.15) is 13.3 Å². The zero-order valence-corrected chi connectivity index (χ0v) is 10.1. The van der Waals surface area contributed by atoms with Crippen molar-refractivity contribution < 1.29 is 0 Å². The topological polar surface area (TPSA) is 38.1 Å². The van der Waals surface area contributed by atoms with E-state index in [0.717, 1.165) is 18.7 Å². The Morgan fingerprint density at radius 2 is 2.33 bits per heavy atom. The van der Waals surface area contributed by atoms with Crippen molar-refractivity contribution in [1.82, 2.24) is 9.78 Å². The molecule has 0 aliphatic rings. The van der Waals surface area contributed by atoms with Crippen LogP contribution in [0.25, 0.3) is 0 Å². The van der Waals surface area contributed by atoms with Gasteiger partial charge >= 0.3 is 0 Å². The van der Waals surface area contributed by atoms with Crippen LogP contribution >= 0.6 is 12.6 Å². The SMILES string of the molecule is CCCN(C)c1cnn(CCS)c(=O)c1. The molecule has 0 aliphatic carbocycles. The molecule has 5 heteroatoms.